The van der Waals surface area contributed by atoms with E-state index >= 15 is 0 Å². The van der Waals surface area contributed by atoms with Gasteiger partial charge in [0, 0.05) is 29.6 Å². The lowest BCUT2D eigenvalue weighted by molar-refractivity contribution is -0.384. The number of rotatable bonds is 8. The van der Waals surface area contributed by atoms with Crippen molar-refractivity contribution in [3.63, 3.8) is 0 Å². The number of hydrogen-bond donors (Lipinski definition) is 2. The van der Waals surface area contributed by atoms with Crippen LogP contribution in [0.15, 0.2) is 46.8 Å². The first kappa shape index (κ1) is 18.9. The summed E-state index contributed by atoms with van der Waals surface area (Å²) < 4.78 is 0. The van der Waals surface area contributed by atoms with Crippen molar-refractivity contribution < 1.29 is 4.92 Å². The molecule has 6 nitrogen and oxygen atoms in total. The first-order chi connectivity index (χ1) is 12.1. The molecule has 0 aliphatic rings. The Hall–Kier alpha value is -2.41. The maximum Gasteiger partial charge on any atom is 0.269 e. The number of hydrogen-bond acceptors (Lipinski definition) is 4. The molecule has 1 atom stereocenters. The van der Waals surface area contributed by atoms with Crippen molar-refractivity contribution in [1.29, 1.82) is 0 Å². The van der Waals surface area contributed by atoms with Crippen molar-refractivity contribution in [2.45, 2.75) is 39.3 Å². The van der Waals surface area contributed by atoms with Gasteiger partial charge in [-0.2, -0.15) is 0 Å². The molecule has 0 bridgehead atoms. The molecule has 1 unspecified atom stereocenters. The third kappa shape index (κ3) is 6.54. The van der Waals surface area contributed by atoms with Gasteiger partial charge in [0.2, 0.25) is 0 Å². The average molecular weight is 360 g/mol. The first-order valence-corrected chi connectivity index (χ1v) is 9.27. The van der Waals surface area contributed by atoms with Crippen LogP contribution in [0.5, 0.6) is 0 Å². The summed E-state index contributed by atoms with van der Waals surface area (Å²) in [6.45, 7) is 5.52. The van der Waals surface area contributed by atoms with Crippen LogP contribution < -0.4 is 10.6 Å². The van der Waals surface area contributed by atoms with E-state index in [0.29, 0.717) is 12.6 Å². The molecule has 2 aromatic rings. The second kappa shape index (κ2) is 9.78. The molecule has 2 rings (SSSR count). The van der Waals surface area contributed by atoms with E-state index in [1.165, 1.54) is 17.0 Å². The van der Waals surface area contributed by atoms with Crippen LogP contribution in [0.1, 0.15) is 30.7 Å². The van der Waals surface area contributed by atoms with E-state index < -0.39 is 4.92 Å². The molecule has 7 heteroatoms. The molecule has 0 saturated carbocycles. The van der Waals surface area contributed by atoms with Crippen molar-refractivity contribution in [3.8, 4) is 0 Å². The molecule has 0 aliphatic heterocycles. The number of nitrogens with zero attached hydrogens (tertiary/aromatic N) is 2. The quantitative estimate of drug-likeness (QED) is 0.325. The highest BCUT2D eigenvalue weighted by atomic mass is 32.1. The molecule has 134 valence electrons. The van der Waals surface area contributed by atoms with E-state index in [9.17, 15) is 10.1 Å². The first-order valence-electron chi connectivity index (χ1n) is 8.39. The fraction of sp³-hybridized carbons (Fsp3) is 0.389. The van der Waals surface area contributed by atoms with Crippen molar-refractivity contribution >= 4 is 23.0 Å². The molecular formula is C18H24N4O2S. The summed E-state index contributed by atoms with van der Waals surface area (Å²) in [7, 11) is 0. The predicted octanol–water partition coefficient (Wildman–Crippen LogP) is 3.73. The van der Waals surface area contributed by atoms with Crippen LogP contribution in [0, 0.1) is 10.1 Å². The second-order valence-electron chi connectivity index (χ2n) is 5.80. The summed E-state index contributed by atoms with van der Waals surface area (Å²) in [5.41, 5.74) is 1.04. The second-order valence-corrected chi connectivity index (χ2v) is 6.83. The minimum Gasteiger partial charge on any atom is -0.356 e. The highest BCUT2D eigenvalue weighted by Crippen LogP contribution is 2.12. The summed E-state index contributed by atoms with van der Waals surface area (Å²) in [6, 6.07) is 11.0. The molecule has 0 radical (unpaired) electrons. The van der Waals surface area contributed by atoms with E-state index in [0.717, 1.165) is 30.9 Å². The van der Waals surface area contributed by atoms with Crippen molar-refractivity contribution in [3.05, 3.63) is 62.3 Å². The SMILES string of the molecule is CCC(C)NC(=NCc1ccc([N+](=O)[O-])cc1)NCCc1cccs1. The maximum absolute atomic E-state index is 10.7. The fourth-order valence-corrected chi connectivity index (χ4v) is 2.85. The summed E-state index contributed by atoms with van der Waals surface area (Å²) in [4.78, 5) is 16.3. The van der Waals surface area contributed by atoms with Crippen LogP contribution >= 0.6 is 11.3 Å². The van der Waals surface area contributed by atoms with Gasteiger partial charge in [-0.3, -0.25) is 10.1 Å². The number of non-ortho nitro benzene ring substituents is 1. The smallest absolute Gasteiger partial charge is 0.269 e. The minimum atomic E-state index is -0.394. The molecule has 0 saturated heterocycles. The van der Waals surface area contributed by atoms with Crippen LogP contribution in [-0.4, -0.2) is 23.5 Å². The Morgan fingerprint density at radius 1 is 1.32 bits per heavy atom. The third-order valence-corrected chi connectivity index (χ3v) is 4.74. The van der Waals surface area contributed by atoms with Crippen LogP contribution in [0.2, 0.25) is 0 Å². The van der Waals surface area contributed by atoms with Crippen molar-refractivity contribution in [2.75, 3.05) is 6.54 Å². The summed E-state index contributed by atoms with van der Waals surface area (Å²) in [5, 5.41) is 19.5. The van der Waals surface area contributed by atoms with E-state index in [1.54, 1.807) is 23.5 Å². The van der Waals surface area contributed by atoms with Gasteiger partial charge in [-0.05, 0) is 36.8 Å². The molecule has 2 N–H and O–H groups in total. The van der Waals surface area contributed by atoms with E-state index in [-0.39, 0.29) is 5.69 Å². The Kier molecular flexibility index (Phi) is 7.40. The Morgan fingerprint density at radius 3 is 2.68 bits per heavy atom. The number of thiophene rings is 1. The summed E-state index contributed by atoms with van der Waals surface area (Å²) >= 11 is 1.75. The molecule has 0 spiro atoms. The highest BCUT2D eigenvalue weighted by molar-refractivity contribution is 7.09. The van der Waals surface area contributed by atoms with Gasteiger partial charge in [0.15, 0.2) is 5.96 Å². The van der Waals surface area contributed by atoms with E-state index in [1.807, 2.05) is 0 Å². The van der Waals surface area contributed by atoms with Gasteiger partial charge >= 0.3 is 0 Å². The molecule has 25 heavy (non-hydrogen) atoms. The van der Waals surface area contributed by atoms with Crippen molar-refractivity contribution in [1.82, 2.24) is 10.6 Å². The Labute approximate surface area is 152 Å². The molecule has 1 aromatic carbocycles. The largest absolute Gasteiger partial charge is 0.356 e. The topological polar surface area (TPSA) is 79.6 Å². The minimum absolute atomic E-state index is 0.0970. The zero-order valence-electron chi connectivity index (χ0n) is 14.6. The number of nitro groups is 1. The van der Waals surface area contributed by atoms with E-state index in [4.69, 9.17) is 0 Å². The summed E-state index contributed by atoms with van der Waals surface area (Å²) in [5.74, 6) is 0.768. The van der Waals surface area contributed by atoms with Crippen molar-refractivity contribution in [2.24, 2.45) is 4.99 Å². The molecule has 1 aromatic heterocycles. The normalized spacial score (nSPS) is 12.6. The fourth-order valence-electron chi connectivity index (χ4n) is 2.14. The maximum atomic E-state index is 10.7. The van der Waals surface area contributed by atoms with Gasteiger partial charge in [0.25, 0.3) is 5.69 Å². The molecule has 0 fully saturated rings. The van der Waals surface area contributed by atoms with Crippen LogP contribution in [0.25, 0.3) is 0 Å². The zero-order valence-corrected chi connectivity index (χ0v) is 15.4. The lowest BCUT2D eigenvalue weighted by Gasteiger charge is -2.17. The predicted molar refractivity (Wildman–Crippen MR) is 103 cm³/mol. The van der Waals surface area contributed by atoms with Gasteiger partial charge in [0.1, 0.15) is 0 Å². The van der Waals surface area contributed by atoms with Gasteiger partial charge in [0.05, 0.1) is 11.5 Å². The molecule has 0 amide bonds. The lowest BCUT2D eigenvalue weighted by Crippen LogP contribution is -2.42. The van der Waals surface area contributed by atoms with Gasteiger partial charge in [-0.25, -0.2) is 4.99 Å². The van der Waals surface area contributed by atoms with Crippen LogP contribution in [0.3, 0.4) is 0 Å². The number of nitro benzene ring substituents is 1. The molecule has 1 heterocycles. The summed E-state index contributed by atoms with van der Waals surface area (Å²) in [6.07, 6.45) is 1.96. The van der Waals surface area contributed by atoms with Gasteiger partial charge < -0.3 is 10.6 Å². The Balaban J connectivity index is 1.95. The van der Waals surface area contributed by atoms with Crippen LogP contribution in [-0.2, 0) is 13.0 Å². The van der Waals surface area contributed by atoms with E-state index in [2.05, 4.69) is 47.0 Å². The number of benzene rings is 1. The van der Waals surface area contributed by atoms with Crippen LogP contribution in [0.4, 0.5) is 5.69 Å². The zero-order chi connectivity index (χ0) is 18.1. The Morgan fingerprint density at radius 2 is 2.08 bits per heavy atom. The molecular weight excluding hydrogens is 336 g/mol. The van der Waals surface area contributed by atoms with Gasteiger partial charge in [-0.15, -0.1) is 11.3 Å². The average Bonchev–Trinajstić information content (AvgIpc) is 3.13. The van der Waals surface area contributed by atoms with Gasteiger partial charge in [-0.1, -0.05) is 25.1 Å². The highest BCUT2D eigenvalue weighted by Gasteiger charge is 2.06. The monoisotopic (exact) mass is 360 g/mol. The lowest BCUT2D eigenvalue weighted by atomic mass is 10.2. The standard InChI is InChI=1S/C18H24N4O2S/c1-3-14(2)21-18(19-11-10-17-5-4-12-25-17)20-13-15-6-8-16(9-7-15)22(23)24/h4-9,12,14H,3,10-11,13H2,1-2H3,(H2,19,20,21). The number of nitrogens with one attached hydrogen (secondary N) is 2. The third-order valence-electron chi connectivity index (χ3n) is 3.81. The number of guanidine groups is 1. The molecule has 0 aliphatic carbocycles. The number of aliphatic imine (C=N–C) groups is 1. The Bertz CT molecular complexity index is 684.